The quantitative estimate of drug-likeness (QED) is 0.353. The Morgan fingerprint density at radius 3 is 2.42 bits per heavy atom. The van der Waals surface area contributed by atoms with Crippen LogP contribution in [0.1, 0.15) is 60.8 Å². The van der Waals surface area contributed by atoms with Gasteiger partial charge in [0.25, 0.3) is 0 Å². The molecule has 0 aromatic heterocycles. The number of esters is 2. The molecule has 0 radical (unpaired) electrons. The Morgan fingerprint density at radius 1 is 1.18 bits per heavy atom. The lowest BCUT2D eigenvalue weighted by atomic mass is 9.33. The molecule has 0 aromatic carbocycles. The van der Waals surface area contributed by atoms with Crippen LogP contribution in [-0.2, 0) is 23.9 Å². The van der Waals surface area contributed by atoms with E-state index in [1.54, 1.807) is 13.8 Å². The number of rotatable bonds is 1. The molecule has 2 bridgehead atoms. The zero-order valence-corrected chi connectivity index (χ0v) is 20.4. The van der Waals surface area contributed by atoms with Gasteiger partial charge in [-0.3, -0.25) is 14.4 Å². The third-order valence-electron chi connectivity index (χ3n) is 10.7. The van der Waals surface area contributed by atoms with E-state index < -0.39 is 57.0 Å². The number of carbonyl (C=O) groups is 3. The Labute approximate surface area is 194 Å². The summed E-state index contributed by atoms with van der Waals surface area (Å²) in [5, 5.41) is 22.1. The molecule has 0 aromatic rings. The van der Waals surface area contributed by atoms with Gasteiger partial charge in [0.2, 0.25) is 0 Å². The number of ether oxygens (including phenoxy) is 2. The summed E-state index contributed by atoms with van der Waals surface area (Å²) in [7, 11) is 1.27. The summed E-state index contributed by atoms with van der Waals surface area (Å²) in [6.45, 7) is 11.0. The zero-order valence-electron chi connectivity index (χ0n) is 20.4. The van der Waals surface area contributed by atoms with Crippen molar-refractivity contribution < 1.29 is 34.1 Å². The van der Waals surface area contributed by atoms with Crippen molar-refractivity contribution in [2.75, 3.05) is 7.11 Å². The maximum absolute atomic E-state index is 14.0. The Balaban J connectivity index is 1.86. The van der Waals surface area contributed by atoms with Gasteiger partial charge >= 0.3 is 11.9 Å². The lowest BCUT2D eigenvalue weighted by Crippen LogP contribution is -2.71. The molecule has 2 N–H and O–H groups in total. The molecule has 7 heteroatoms. The Morgan fingerprint density at radius 2 is 1.82 bits per heavy atom. The van der Waals surface area contributed by atoms with Crippen LogP contribution in [0.4, 0.5) is 0 Å². The number of Topliss-reactive ketones (excluding diaryl/α,β-unsaturated/α-hetero) is 1. The number of aliphatic hydroxyl groups excluding tert-OH is 2. The highest BCUT2D eigenvalue weighted by Crippen LogP contribution is 2.78. The molecule has 0 unspecified atom stereocenters. The normalized spacial score (nSPS) is 49.6. The molecule has 1 saturated heterocycles. The number of hydrogen-bond acceptors (Lipinski definition) is 7. The van der Waals surface area contributed by atoms with Crippen molar-refractivity contribution in [3.63, 3.8) is 0 Å². The van der Waals surface area contributed by atoms with Crippen LogP contribution in [0.25, 0.3) is 0 Å². The molecule has 0 amide bonds. The van der Waals surface area contributed by atoms with E-state index in [1.807, 2.05) is 33.8 Å². The Kier molecular flexibility index (Phi) is 4.18. The molecule has 0 spiro atoms. The summed E-state index contributed by atoms with van der Waals surface area (Å²) in [6, 6.07) is 0. The van der Waals surface area contributed by atoms with Crippen molar-refractivity contribution in [1.29, 1.82) is 0 Å². The lowest BCUT2D eigenvalue weighted by Gasteiger charge is -2.66. The fourth-order valence-electron chi connectivity index (χ4n) is 9.18. The number of carbonyl (C=O) groups excluding carboxylic acids is 3. The molecule has 2 saturated carbocycles. The SMILES string of the molecule is COC(=O)[C@@]12C(=O)C(C)=C(O)[C@]1(C)C(C)=C[C@H]1[C@]34CC[C@H](O)C(C)(C)[C@H]3[C@H](C[C@@]12C)OC4=O. The molecule has 5 aliphatic rings. The minimum atomic E-state index is -1.71. The fraction of sp³-hybridized carbons (Fsp3) is 0.731. The Bertz CT molecular complexity index is 1070. The van der Waals surface area contributed by atoms with Gasteiger partial charge in [0.1, 0.15) is 11.9 Å². The van der Waals surface area contributed by atoms with Crippen LogP contribution >= 0.6 is 0 Å². The maximum atomic E-state index is 14.0. The average molecular weight is 459 g/mol. The minimum Gasteiger partial charge on any atom is -0.511 e. The highest BCUT2D eigenvalue weighted by Gasteiger charge is 2.84. The van der Waals surface area contributed by atoms with E-state index in [2.05, 4.69) is 0 Å². The first-order valence-corrected chi connectivity index (χ1v) is 11.8. The average Bonchev–Trinajstić information content (AvgIpc) is 3.08. The minimum absolute atomic E-state index is 0.107. The van der Waals surface area contributed by atoms with Crippen LogP contribution in [0.15, 0.2) is 23.0 Å². The van der Waals surface area contributed by atoms with Crippen molar-refractivity contribution in [2.24, 2.45) is 38.9 Å². The van der Waals surface area contributed by atoms with E-state index >= 15 is 0 Å². The molecule has 7 nitrogen and oxygen atoms in total. The van der Waals surface area contributed by atoms with Gasteiger partial charge in [-0.25, -0.2) is 0 Å². The maximum Gasteiger partial charge on any atom is 0.321 e. The number of methoxy groups -OCH3 is 1. The van der Waals surface area contributed by atoms with E-state index in [1.165, 1.54) is 7.11 Å². The van der Waals surface area contributed by atoms with Crippen LogP contribution < -0.4 is 0 Å². The van der Waals surface area contributed by atoms with Gasteiger partial charge in [0, 0.05) is 22.8 Å². The summed E-state index contributed by atoms with van der Waals surface area (Å²) in [5.41, 5.74) is -4.73. The largest absolute Gasteiger partial charge is 0.511 e. The standard InChI is InChI=1S/C26H34O7/c1-12-10-15-23(5,26(21(31)32-7)19(29)13(2)18(28)24(12,26)6)11-14-17-22(3,4)16(27)8-9-25(15,17)20(30)33-14/h10,14-17,27-28H,8-9,11H2,1-7H3/t14-,15+,16-,17+,23-,24-,25+,26+/m0/s1. The van der Waals surface area contributed by atoms with Crippen molar-refractivity contribution >= 4 is 17.7 Å². The molecule has 8 atom stereocenters. The topological polar surface area (TPSA) is 110 Å². The smallest absolute Gasteiger partial charge is 0.321 e. The monoisotopic (exact) mass is 458 g/mol. The summed E-state index contributed by atoms with van der Waals surface area (Å²) in [5.74, 6) is -2.27. The second-order valence-corrected chi connectivity index (χ2v) is 12.0. The molecule has 4 aliphatic carbocycles. The van der Waals surface area contributed by atoms with Crippen LogP contribution in [0.3, 0.4) is 0 Å². The van der Waals surface area contributed by atoms with Crippen molar-refractivity contribution in [3.05, 3.63) is 23.0 Å². The van der Waals surface area contributed by atoms with E-state index in [0.717, 1.165) is 0 Å². The fourth-order valence-corrected chi connectivity index (χ4v) is 9.18. The highest BCUT2D eigenvalue weighted by atomic mass is 16.6. The van der Waals surface area contributed by atoms with Crippen molar-refractivity contribution in [1.82, 2.24) is 0 Å². The van der Waals surface area contributed by atoms with Gasteiger partial charge < -0.3 is 19.7 Å². The molecular formula is C26H34O7. The predicted octanol–water partition coefficient (Wildman–Crippen LogP) is 3.26. The van der Waals surface area contributed by atoms with E-state index in [0.29, 0.717) is 18.4 Å². The van der Waals surface area contributed by atoms with E-state index in [4.69, 9.17) is 9.47 Å². The first kappa shape index (κ1) is 22.6. The number of aliphatic hydroxyl groups is 2. The van der Waals surface area contributed by atoms with Gasteiger partial charge in [0.05, 0.1) is 24.0 Å². The number of ketones is 1. The van der Waals surface area contributed by atoms with E-state index in [-0.39, 0.29) is 29.6 Å². The lowest BCUT2D eigenvalue weighted by molar-refractivity contribution is -0.212. The van der Waals surface area contributed by atoms with Crippen LogP contribution in [0, 0.1) is 38.9 Å². The first-order valence-electron chi connectivity index (χ1n) is 11.8. The molecule has 5 rings (SSSR count). The number of hydrogen-bond donors (Lipinski definition) is 2. The third kappa shape index (κ3) is 1.95. The van der Waals surface area contributed by atoms with E-state index in [9.17, 15) is 24.6 Å². The third-order valence-corrected chi connectivity index (χ3v) is 10.7. The van der Waals surface area contributed by atoms with Crippen LogP contribution in [0.2, 0.25) is 0 Å². The van der Waals surface area contributed by atoms with Gasteiger partial charge in [-0.1, -0.05) is 32.4 Å². The molecule has 1 aliphatic heterocycles. The second-order valence-electron chi connectivity index (χ2n) is 12.0. The molecule has 33 heavy (non-hydrogen) atoms. The summed E-state index contributed by atoms with van der Waals surface area (Å²) in [4.78, 5) is 41.4. The second kappa shape index (κ2) is 6.09. The van der Waals surface area contributed by atoms with Gasteiger partial charge in [-0.05, 0) is 45.4 Å². The molecule has 180 valence electrons. The highest BCUT2D eigenvalue weighted by molar-refractivity contribution is 6.17. The summed E-state index contributed by atoms with van der Waals surface area (Å²) >= 11 is 0. The molecular weight excluding hydrogens is 424 g/mol. The first-order chi connectivity index (χ1) is 15.2. The zero-order chi connectivity index (χ0) is 24.5. The predicted molar refractivity (Wildman–Crippen MR) is 118 cm³/mol. The number of fused-ring (bicyclic) bond motifs is 3. The van der Waals surface area contributed by atoms with Gasteiger partial charge in [-0.15, -0.1) is 0 Å². The molecule has 1 heterocycles. The van der Waals surface area contributed by atoms with Crippen molar-refractivity contribution in [3.8, 4) is 0 Å². The van der Waals surface area contributed by atoms with Gasteiger partial charge in [0.15, 0.2) is 11.2 Å². The number of allylic oxidation sites excluding steroid dienone is 3. The van der Waals surface area contributed by atoms with Crippen molar-refractivity contribution in [2.45, 2.75) is 73.0 Å². The summed E-state index contributed by atoms with van der Waals surface area (Å²) < 4.78 is 11.3. The molecule has 3 fully saturated rings. The van der Waals surface area contributed by atoms with Gasteiger partial charge in [-0.2, -0.15) is 0 Å². The Hall–Kier alpha value is -2.15. The summed E-state index contributed by atoms with van der Waals surface area (Å²) in [6.07, 6.45) is 2.01. The van der Waals surface area contributed by atoms with Crippen LogP contribution in [0.5, 0.6) is 0 Å². The van der Waals surface area contributed by atoms with Crippen LogP contribution in [-0.4, -0.2) is 47.3 Å².